The lowest BCUT2D eigenvalue weighted by Crippen LogP contribution is -2.33. The normalized spacial score (nSPS) is 11.4. The number of hydrogen-bond acceptors (Lipinski definition) is 1. The van der Waals surface area contributed by atoms with E-state index in [-0.39, 0.29) is 6.67 Å². The Hall–Kier alpha value is -2.45. The van der Waals surface area contributed by atoms with Crippen LogP contribution in [0.4, 0.5) is 4.39 Å². The Bertz CT molecular complexity index is 644. The maximum atomic E-state index is 12.5. The van der Waals surface area contributed by atoms with Crippen molar-refractivity contribution in [2.24, 2.45) is 0 Å². The van der Waals surface area contributed by atoms with E-state index >= 15 is 0 Å². The van der Waals surface area contributed by atoms with Crippen molar-refractivity contribution in [3.05, 3.63) is 108 Å². The molecular weight excluding hydrogens is 311 g/mol. The van der Waals surface area contributed by atoms with Gasteiger partial charge < -0.3 is 4.74 Å². The fourth-order valence-electron chi connectivity index (χ4n) is 3.19. The van der Waals surface area contributed by atoms with Crippen LogP contribution in [0.1, 0.15) is 29.5 Å². The number of unbranched alkanes of at least 4 members (excludes halogenated alkanes) is 1. The van der Waals surface area contributed by atoms with E-state index in [2.05, 4.69) is 36.4 Å². The zero-order valence-electron chi connectivity index (χ0n) is 14.3. The standard InChI is InChI=1S/C23H23FO/c24-18-10-11-19-25-23(20-12-4-1-5-13-20,21-14-6-2-7-15-21)22-16-8-3-9-17-22/h1-9,12-17H,10-11,18-19H2. The van der Waals surface area contributed by atoms with Crippen molar-refractivity contribution in [3.63, 3.8) is 0 Å². The van der Waals surface area contributed by atoms with E-state index in [9.17, 15) is 4.39 Å². The lowest BCUT2D eigenvalue weighted by Gasteiger charge is -2.36. The summed E-state index contributed by atoms with van der Waals surface area (Å²) in [6.45, 7) is 0.195. The molecule has 0 aromatic heterocycles. The van der Waals surface area contributed by atoms with Crippen LogP contribution < -0.4 is 0 Å². The maximum Gasteiger partial charge on any atom is 0.143 e. The van der Waals surface area contributed by atoms with Crippen LogP contribution in [0.5, 0.6) is 0 Å². The van der Waals surface area contributed by atoms with E-state index in [0.717, 1.165) is 16.7 Å². The number of halogens is 1. The highest BCUT2D eigenvalue weighted by Gasteiger charge is 2.37. The molecule has 0 N–H and O–H groups in total. The summed E-state index contributed by atoms with van der Waals surface area (Å²) in [6, 6.07) is 30.7. The molecule has 3 aromatic carbocycles. The van der Waals surface area contributed by atoms with Crippen molar-refractivity contribution in [2.75, 3.05) is 13.3 Å². The second kappa shape index (κ2) is 8.59. The van der Waals surface area contributed by atoms with Crippen LogP contribution in [0, 0.1) is 0 Å². The molecule has 0 fully saturated rings. The first-order chi connectivity index (χ1) is 12.4. The van der Waals surface area contributed by atoms with Gasteiger partial charge >= 0.3 is 0 Å². The van der Waals surface area contributed by atoms with Gasteiger partial charge in [-0.05, 0) is 29.5 Å². The predicted molar refractivity (Wildman–Crippen MR) is 100 cm³/mol. The molecular formula is C23H23FO. The second-order valence-corrected chi connectivity index (χ2v) is 6.02. The first-order valence-electron chi connectivity index (χ1n) is 8.74. The van der Waals surface area contributed by atoms with E-state index < -0.39 is 5.60 Å². The van der Waals surface area contributed by atoms with E-state index in [4.69, 9.17) is 4.74 Å². The van der Waals surface area contributed by atoms with Crippen LogP contribution in [0.25, 0.3) is 0 Å². The Morgan fingerprint density at radius 1 is 0.600 bits per heavy atom. The molecule has 0 spiro atoms. The van der Waals surface area contributed by atoms with Gasteiger partial charge in [0.2, 0.25) is 0 Å². The summed E-state index contributed by atoms with van der Waals surface area (Å²) in [5.74, 6) is 0. The average molecular weight is 334 g/mol. The lowest BCUT2D eigenvalue weighted by molar-refractivity contribution is 0.0103. The molecule has 0 atom stereocenters. The Morgan fingerprint density at radius 3 is 1.36 bits per heavy atom. The third kappa shape index (κ3) is 3.80. The summed E-state index contributed by atoms with van der Waals surface area (Å²) in [4.78, 5) is 0. The van der Waals surface area contributed by atoms with Crippen molar-refractivity contribution < 1.29 is 9.13 Å². The highest BCUT2D eigenvalue weighted by molar-refractivity contribution is 5.47. The molecule has 0 heterocycles. The largest absolute Gasteiger partial charge is 0.361 e. The number of alkyl halides is 1. The summed E-state index contributed by atoms with van der Waals surface area (Å²) in [7, 11) is 0. The van der Waals surface area contributed by atoms with Crippen LogP contribution in [-0.2, 0) is 10.3 Å². The number of benzene rings is 3. The topological polar surface area (TPSA) is 9.23 Å². The van der Waals surface area contributed by atoms with Crippen LogP contribution in [0.3, 0.4) is 0 Å². The summed E-state index contributed by atoms with van der Waals surface area (Å²) in [6.07, 6.45) is 1.22. The van der Waals surface area contributed by atoms with Gasteiger partial charge in [-0.2, -0.15) is 0 Å². The van der Waals surface area contributed by atoms with E-state index in [1.807, 2.05) is 54.6 Å². The van der Waals surface area contributed by atoms with Gasteiger partial charge in [-0.15, -0.1) is 0 Å². The molecule has 0 amide bonds. The molecule has 0 aliphatic heterocycles. The minimum Gasteiger partial charge on any atom is -0.361 e. The molecule has 3 aromatic rings. The highest BCUT2D eigenvalue weighted by Crippen LogP contribution is 2.40. The minimum atomic E-state index is -0.694. The van der Waals surface area contributed by atoms with Crippen molar-refractivity contribution in [1.29, 1.82) is 0 Å². The van der Waals surface area contributed by atoms with Crippen molar-refractivity contribution in [2.45, 2.75) is 18.4 Å². The molecule has 0 saturated carbocycles. The van der Waals surface area contributed by atoms with Gasteiger partial charge in [0.15, 0.2) is 0 Å². The third-order valence-electron chi connectivity index (χ3n) is 4.39. The second-order valence-electron chi connectivity index (χ2n) is 6.02. The number of rotatable bonds is 8. The molecule has 2 heteroatoms. The number of ether oxygens (including phenoxy) is 1. The molecule has 0 bridgehead atoms. The smallest absolute Gasteiger partial charge is 0.143 e. The zero-order chi connectivity index (χ0) is 17.4. The van der Waals surface area contributed by atoms with Gasteiger partial charge in [0.1, 0.15) is 5.60 Å². The molecule has 0 saturated heterocycles. The zero-order valence-corrected chi connectivity index (χ0v) is 14.3. The van der Waals surface area contributed by atoms with Crippen LogP contribution in [0.15, 0.2) is 91.0 Å². The molecule has 3 rings (SSSR count). The molecule has 25 heavy (non-hydrogen) atoms. The fraction of sp³-hybridized carbons (Fsp3) is 0.217. The summed E-state index contributed by atoms with van der Waals surface area (Å²) in [5.41, 5.74) is 2.54. The highest BCUT2D eigenvalue weighted by atomic mass is 19.1. The Morgan fingerprint density at radius 2 is 1.00 bits per heavy atom. The molecule has 128 valence electrons. The molecule has 0 aliphatic carbocycles. The fourth-order valence-corrected chi connectivity index (χ4v) is 3.19. The van der Waals surface area contributed by atoms with Crippen molar-refractivity contribution in [1.82, 2.24) is 0 Å². The van der Waals surface area contributed by atoms with Gasteiger partial charge in [0.25, 0.3) is 0 Å². The third-order valence-corrected chi connectivity index (χ3v) is 4.39. The lowest BCUT2D eigenvalue weighted by atomic mass is 9.80. The van der Waals surface area contributed by atoms with Gasteiger partial charge in [-0.25, -0.2) is 0 Å². The van der Waals surface area contributed by atoms with Crippen molar-refractivity contribution >= 4 is 0 Å². The first kappa shape index (κ1) is 17.4. The van der Waals surface area contributed by atoms with Gasteiger partial charge in [0.05, 0.1) is 6.67 Å². The SMILES string of the molecule is FCCCCOC(c1ccccc1)(c1ccccc1)c1ccccc1. The molecule has 0 aliphatic rings. The van der Waals surface area contributed by atoms with Gasteiger partial charge in [-0.1, -0.05) is 91.0 Å². The van der Waals surface area contributed by atoms with Gasteiger partial charge in [-0.3, -0.25) is 4.39 Å². The van der Waals surface area contributed by atoms with Crippen LogP contribution in [-0.4, -0.2) is 13.3 Å². The Kier molecular flexibility index (Phi) is 5.97. The summed E-state index contributed by atoms with van der Waals surface area (Å²) in [5, 5.41) is 0. The molecule has 0 unspecified atom stereocenters. The van der Waals surface area contributed by atoms with E-state index in [0.29, 0.717) is 19.4 Å². The quantitative estimate of drug-likeness (QED) is 0.377. The van der Waals surface area contributed by atoms with E-state index in [1.54, 1.807) is 0 Å². The Balaban J connectivity index is 2.13. The summed E-state index contributed by atoms with van der Waals surface area (Å²) >= 11 is 0. The molecule has 1 nitrogen and oxygen atoms in total. The maximum absolute atomic E-state index is 12.5. The number of hydrogen-bond donors (Lipinski definition) is 0. The Labute approximate surface area is 149 Å². The van der Waals surface area contributed by atoms with E-state index in [1.165, 1.54) is 0 Å². The predicted octanol–water partition coefficient (Wildman–Crippen LogP) is 5.74. The van der Waals surface area contributed by atoms with Crippen LogP contribution >= 0.6 is 0 Å². The minimum absolute atomic E-state index is 0.307. The first-order valence-corrected chi connectivity index (χ1v) is 8.74. The average Bonchev–Trinajstić information content (AvgIpc) is 2.70. The molecule has 0 radical (unpaired) electrons. The van der Waals surface area contributed by atoms with Crippen LogP contribution in [0.2, 0.25) is 0 Å². The van der Waals surface area contributed by atoms with Gasteiger partial charge in [0, 0.05) is 6.61 Å². The van der Waals surface area contributed by atoms with Crippen molar-refractivity contribution in [3.8, 4) is 0 Å². The monoisotopic (exact) mass is 334 g/mol. The summed E-state index contributed by atoms with van der Waals surface area (Å²) < 4.78 is 19.0.